The Morgan fingerprint density at radius 1 is 1.50 bits per heavy atom. The molecule has 0 fully saturated rings. The molecule has 0 aliphatic carbocycles. The number of nitrogens with two attached hydrogens (primary N) is 1. The number of methoxy groups -OCH3 is 1. The molecule has 0 spiro atoms. The minimum absolute atomic E-state index is 0.527. The fraction of sp³-hybridized carbons (Fsp3) is 0.273. The molecule has 0 saturated carbocycles. The van der Waals surface area contributed by atoms with Crippen LogP contribution in [0.2, 0.25) is 5.02 Å². The predicted molar refractivity (Wildman–Crippen MR) is 60.3 cm³/mol. The van der Waals surface area contributed by atoms with E-state index in [9.17, 15) is 0 Å². The van der Waals surface area contributed by atoms with Gasteiger partial charge in [-0.3, -0.25) is 0 Å². The molecule has 2 N–H and O–H groups in total. The minimum Gasteiger partial charge on any atom is -0.380 e. The van der Waals surface area contributed by atoms with Crippen LogP contribution in [-0.4, -0.2) is 13.7 Å². The molecule has 0 amide bonds. The number of hydrogen-bond donors (Lipinski definition) is 1. The van der Waals surface area contributed by atoms with Crippen LogP contribution in [0.4, 0.5) is 0 Å². The fourth-order valence-corrected chi connectivity index (χ4v) is 1.38. The van der Waals surface area contributed by atoms with Crippen molar-refractivity contribution >= 4 is 17.7 Å². The number of benzene rings is 1. The lowest BCUT2D eigenvalue weighted by Crippen LogP contribution is -1.94. The van der Waals surface area contributed by atoms with Gasteiger partial charge in [0.15, 0.2) is 0 Å². The van der Waals surface area contributed by atoms with E-state index in [1.54, 1.807) is 7.11 Å². The Hall–Kier alpha value is -0.830. The summed E-state index contributed by atoms with van der Waals surface area (Å²) in [6.45, 7) is 1.11. The standard InChI is InChI=1S/C11H14ClNO/c1-14-8-10-4-5-11(12)7-9(10)3-2-6-13/h2-5,7H,6,8,13H2,1H3/b3-2+. The third-order valence-corrected chi connectivity index (χ3v) is 2.08. The van der Waals surface area contributed by atoms with Crippen molar-refractivity contribution in [3.05, 3.63) is 40.4 Å². The van der Waals surface area contributed by atoms with Crippen LogP contribution in [0.5, 0.6) is 0 Å². The van der Waals surface area contributed by atoms with E-state index in [0.29, 0.717) is 13.2 Å². The second-order valence-electron chi connectivity index (χ2n) is 2.91. The van der Waals surface area contributed by atoms with Crippen LogP contribution in [0, 0.1) is 0 Å². The number of ether oxygens (including phenoxy) is 1. The number of halogens is 1. The molecular formula is C11H14ClNO. The Labute approximate surface area is 89.3 Å². The average Bonchev–Trinajstić information content (AvgIpc) is 2.18. The first-order chi connectivity index (χ1) is 6.77. The maximum atomic E-state index is 5.89. The van der Waals surface area contributed by atoms with Gasteiger partial charge >= 0.3 is 0 Å². The van der Waals surface area contributed by atoms with Gasteiger partial charge in [-0.05, 0) is 23.3 Å². The van der Waals surface area contributed by atoms with Crippen molar-refractivity contribution in [2.75, 3.05) is 13.7 Å². The highest BCUT2D eigenvalue weighted by Gasteiger charge is 1.99. The van der Waals surface area contributed by atoms with E-state index in [2.05, 4.69) is 0 Å². The van der Waals surface area contributed by atoms with E-state index in [1.165, 1.54) is 0 Å². The number of rotatable bonds is 4. The van der Waals surface area contributed by atoms with E-state index < -0.39 is 0 Å². The van der Waals surface area contributed by atoms with Crippen LogP contribution >= 0.6 is 11.6 Å². The highest BCUT2D eigenvalue weighted by Crippen LogP contribution is 2.18. The summed E-state index contributed by atoms with van der Waals surface area (Å²) in [5.41, 5.74) is 7.56. The first-order valence-corrected chi connectivity index (χ1v) is 4.79. The van der Waals surface area contributed by atoms with Gasteiger partial charge in [0, 0.05) is 18.7 Å². The van der Waals surface area contributed by atoms with Crippen LogP contribution in [0.15, 0.2) is 24.3 Å². The van der Waals surface area contributed by atoms with Gasteiger partial charge in [0.05, 0.1) is 6.61 Å². The molecular weight excluding hydrogens is 198 g/mol. The lowest BCUT2D eigenvalue weighted by molar-refractivity contribution is 0.185. The SMILES string of the molecule is COCc1ccc(Cl)cc1/C=C/CN. The van der Waals surface area contributed by atoms with Gasteiger partial charge in [-0.2, -0.15) is 0 Å². The zero-order valence-corrected chi connectivity index (χ0v) is 8.92. The molecule has 0 aliphatic rings. The van der Waals surface area contributed by atoms with Gasteiger partial charge in [-0.15, -0.1) is 0 Å². The molecule has 0 aliphatic heterocycles. The zero-order chi connectivity index (χ0) is 10.4. The average molecular weight is 212 g/mol. The maximum Gasteiger partial charge on any atom is 0.0718 e. The maximum absolute atomic E-state index is 5.89. The van der Waals surface area contributed by atoms with E-state index in [1.807, 2.05) is 30.4 Å². The monoisotopic (exact) mass is 211 g/mol. The summed E-state index contributed by atoms with van der Waals surface area (Å²) in [5.74, 6) is 0. The second kappa shape index (κ2) is 5.81. The molecule has 0 aromatic heterocycles. The van der Waals surface area contributed by atoms with E-state index in [-0.39, 0.29) is 0 Å². The summed E-state index contributed by atoms with van der Waals surface area (Å²) in [6, 6.07) is 5.72. The van der Waals surface area contributed by atoms with Crippen molar-refractivity contribution in [3.63, 3.8) is 0 Å². The summed E-state index contributed by atoms with van der Waals surface area (Å²) in [4.78, 5) is 0. The van der Waals surface area contributed by atoms with E-state index >= 15 is 0 Å². The normalized spacial score (nSPS) is 11.1. The third kappa shape index (κ3) is 3.14. The molecule has 3 heteroatoms. The number of hydrogen-bond acceptors (Lipinski definition) is 2. The quantitative estimate of drug-likeness (QED) is 0.831. The molecule has 1 rings (SSSR count). The summed E-state index contributed by atoms with van der Waals surface area (Å²) in [7, 11) is 1.67. The lowest BCUT2D eigenvalue weighted by Gasteiger charge is -2.05. The zero-order valence-electron chi connectivity index (χ0n) is 8.16. The molecule has 0 heterocycles. The first-order valence-electron chi connectivity index (χ1n) is 4.42. The molecule has 0 atom stereocenters. The summed E-state index contributed by atoms with van der Waals surface area (Å²) < 4.78 is 5.08. The summed E-state index contributed by atoms with van der Waals surface area (Å²) >= 11 is 5.89. The summed E-state index contributed by atoms with van der Waals surface area (Å²) in [6.07, 6.45) is 3.85. The molecule has 2 nitrogen and oxygen atoms in total. The van der Waals surface area contributed by atoms with Crippen LogP contribution in [-0.2, 0) is 11.3 Å². The molecule has 1 aromatic carbocycles. The van der Waals surface area contributed by atoms with Crippen LogP contribution < -0.4 is 5.73 Å². The Balaban J connectivity index is 2.96. The Kier molecular flexibility index (Phi) is 4.66. The Morgan fingerprint density at radius 2 is 2.29 bits per heavy atom. The smallest absolute Gasteiger partial charge is 0.0718 e. The van der Waals surface area contributed by atoms with Crippen LogP contribution in [0.25, 0.3) is 6.08 Å². The van der Waals surface area contributed by atoms with Gasteiger partial charge < -0.3 is 10.5 Å². The van der Waals surface area contributed by atoms with E-state index in [0.717, 1.165) is 16.1 Å². The molecule has 0 bridgehead atoms. The molecule has 0 saturated heterocycles. The van der Waals surface area contributed by atoms with Crippen molar-refractivity contribution < 1.29 is 4.74 Å². The second-order valence-corrected chi connectivity index (χ2v) is 3.35. The van der Waals surface area contributed by atoms with Crippen molar-refractivity contribution in [1.29, 1.82) is 0 Å². The van der Waals surface area contributed by atoms with Gasteiger partial charge in [-0.25, -0.2) is 0 Å². The highest BCUT2D eigenvalue weighted by molar-refractivity contribution is 6.30. The molecule has 0 radical (unpaired) electrons. The molecule has 76 valence electrons. The largest absolute Gasteiger partial charge is 0.380 e. The van der Waals surface area contributed by atoms with Crippen molar-refractivity contribution in [1.82, 2.24) is 0 Å². The van der Waals surface area contributed by atoms with E-state index in [4.69, 9.17) is 22.1 Å². The predicted octanol–water partition coefficient (Wildman–Crippen LogP) is 2.46. The first kappa shape index (κ1) is 11.2. The summed E-state index contributed by atoms with van der Waals surface area (Å²) in [5, 5.41) is 0.724. The Bertz CT molecular complexity index is 323. The van der Waals surface area contributed by atoms with Gasteiger partial charge in [-0.1, -0.05) is 29.8 Å². The van der Waals surface area contributed by atoms with Crippen molar-refractivity contribution in [3.8, 4) is 0 Å². The molecule has 0 unspecified atom stereocenters. The fourth-order valence-electron chi connectivity index (χ4n) is 1.20. The van der Waals surface area contributed by atoms with Crippen molar-refractivity contribution in [2.24, 2.45) is 5.73 Å². The van der Waals surface area contributed by atoms with Crippen LogP contribution in [0.1, 0.15) is 11.1 Å². The third-order valence-electron chi connectivity index (χ3n) is 1.84. The van der Waals surface area contributed by atoms with Crippen LogP contribution in [0.3, 0.4) is 0 Å². The lowest BCUT2D eigenvalue weighted by atomic mass is 10.1. The molecule has 1 aromatic rings. The van der Waals surface area contributed by atoms with Gasteiger partial charge in [0.25, 0.3) is 0 Å². The minimum atomic E-state index is 0.527. The topological polar surface area (TPSA) is 35.2 Å². The van der Waals surface area contributed by atoms with Gasteiger partial charge in [0.1, 0.15) is 0 Å². The van der Waals surface area contributed by atoms with Gasteiger partial charge in [0.2, 0.25) is 0 Å². The molecule has 14 heavy (non-hydrogen) atoms. The van der Waals surface area contributed by atoms with Crippen molar-refractivity contribution in [2.45, 2.75) is 6.61 Å². The Morgan fingerprint density at radius 3 is 2.93 bits per heavy atom. The highest BCUT2D eigenvalue weighted by atomic mass is 35.5.